The lowest BCUT2D eigenvalue weighted by atomic mass is 10.1. The Morgan fingerprint density at radius 3 is 2.13 bits per heavy atom. The van der Waals surface area contributed by atoms with Crippen LogP contribution < -0.4 is 10.6 Å². The predicted octanol–water partition coefficient (Wildman–Crippen LogP) is 3.09. The number of nitrogens with two attached hydrogens (primary N) is 1. The molecule has 2 N–H and O–H groups in total. The van der Waals surface area contributed by atoms with Gasteiger partial charge in [0.2, 0.25) is 5.91 Å². The van der Waals surface area contributed by atoms with Crippen molar-refractivity contribution in [1.29, 1.82) is 0 Å². The first-order valence-electron chi connectivity index (χ1n) is 8.09. The van der Waals surface area contributed by atoms with E-state index in [9.17, 15) is 4.79 Å². The Kier molecular flexibility index (Phi) is 11.9. The van der Waals surface area contributed by atoms with Crippen LogP contribution in [0.15, 0.2) is 30.3 Å². The van der Waals surface area contributed by atoms with Gasteiger partial charge in [-0.3, -0.25) is 4.79 Å². The van der Waals surface area contributed by atoms with Gasteiger partial charge < -0.3 is 15.5 Å². The minimum absolute atomic E-state index is 0. The van der Waals surface area contributed by atoms with Crippen LogP contribution in [0.2, 0.25) is 0 Å². The van der Waals surface area contributed by atoms with Gasteiger partial charge in [0.25, 0.3) is 0 Å². The standard InChI is InChI=1S/C17H27N3O.2ClH/c18-11-7-2-1-6-10-17(21)20-14-12-19(13-15-20)16-8-4-3-5-9-16;;/h3-5,8-9H,1-2,6-7,10-15,18H2;2*1H. The van der Waals surface area contributed by atoms with Crippen molar-refractivity contribution in [2.75, 3.05) is 37.6 Å². The minimum atomic E-state index is 0. The average Bonchev–Trinajstić information content (AvgIpc) is 2.55. The number of halogens is 2. The second kappa shape index (κ2) is 12.5. The molecule has 0 bridgehead atoms. The predicted molar refractivity (Wildman–Crippen MR) is 102 cm³/mol. The van der Waals surface area contributed by atoms with Crippen molar-refractivity contribution in [1.82, 2.24) is 4.90 Å². The smallest absolute Gasteiger partial charge is 0.222 e. The summed E-state index contributed by atoms with van der Waals surface area (Å²) in [5.41, 5.74) is 6.72. The maximum Gasteiger partial charge on any atom is 0.222 e. The molecule has 0 saturated carbocycles. The molecule has 23 heavy (non-hydrogen) atoms. The van der Waals surface area contributed by atoms with Crippen molar-refractivity contribution in [2.24, 2.45) is 5.73 Å². The van der Waals surface area contributed by atoms with Crippen molar-refractivity contribution >= 4 is 36.4 Å². The molecule has 1 aromatic carbocycles. The van der Waals surface area contributed by atoms with E-state index in [1.807, 2.05) is 11.0 Å². The van der Waals surface area contributed by atoms with E-state index in [1.54, 1.807) is 0 Å². The van der Waals surface area contributed by atoms with Gasteiger partial charge in [-0.2, -0.15) is 0 Å². The molecule has 1 saturated heterocycles. The molecule has 0 radical (unpaired) electrons. The zero-order valence-electron chi connectivity index (χ0n) is 13.7. The summed E-state index contributed by atoms with van der Waals surface area (Å²) in [6.07, 6.45) is 5.02. The van der Waals surface area contributed by atoms with Crippen LogP contribution in [0.1, 0.15) is 32.1 Å². The molecule has 0 aliphatic carbocycles. The average molecular weight is 362 g/mol. The van der Waals surface area contributed by atoms with E-state index in [-0.39, 0.29) is 24.8 Å². The van der Waals surface area contributed by atoms with Gasteiger partial charge in [-0.15, -0.1) is 24.8 Å². The summed E-state index contributed by atoms with van der Waals surface area (Å²) in [6, 6.07) is 10.4. The Labute approximate surface area is 152 Å². The Hall–Kier alpha value is -0.970. The number of nitrogens with zero attached hydrogens (tertiary/aromatic N) is 2. The van der Waals surface area contributed by atoms with Gasteiger partial charge in [0, 0.05) is 38.3 Å². The molecule has 1 fully saturated rings. The normalized spacial score (nSPS) is 14.0. The quantitative estimate of drug-likeness (QED) is 0.759. The van der Waals surface area contributed by atoms with Gasteiger partial charge in [-0.25, -0.2) is 0 Å². The monoisotopic (exact) mass is 361 g/mol. The Morgan fingerprint density at radius 1 is 0.913 bits per heavy atom. The maximum absolute atomic E-state index is 12.2. The van der Waals surface area contributed by atoms with Crippen LogP contribution in [0, 0.1) is 0 Å². The summed E-state index contributed by atoms with van der Waals surface area (Å²) >= 11 is 0. The Balaban J connectivity index is 0.00000242. The number of rotatable bonds is 7. The van der Waals surface area contributed by atoms with Crippen molar-refractivity contribution < 1.29 is 4.79 Å². The van der Waals surface area contributed by atoms with E-state index < -0.39 is 0 Å². The van der Waals surface area contributed by atoms with Gasteiger partial charge in [0.15, 0.2) is 0 Å². The number of amides is 1. The number of carbonyl (C=O) groups is 1. The van der Waals surface area contributed by atoms with E-state index in [0.29, 0.717) is 12.3 Å². The van der Waals surface area contributed by atoms with E-state index in [1.165, 1.54) is 5.69 Å². The first-order valence-corrected chi connectivity index (χ1v) is 8.09. The third kappa shape index (κ3) is 7.42. The van der Waals surface area contributed by atoms with E-state index in [4.69, 9.17) is 5.73 Å². The molecular weight excluding hydrogens is 333 g/mol. The lowest BCUT2D eigenvalue weighted by Gasteiger charge is -2.36. The number of hydrogen-bond donors (Lipinski definition) is 1. The molecule has 1 amide bonds. The number of piperazine rings is 1. The van der Waals surface area contributed by atoms with Crippen LogP contribution >= 0.6 is 24.8 Å². The number of hydrogen-bond acceptors (Lipinski definition) is 3. The van der Waals surface area contributed by atoms with Crippen molar-refractivity contribution in [3.05, 3.63) is 30.3 Å². The first kappa shape index (κ1) is 22.0. The van der Waals surface area contributed by atoms with Crippen molar-refractivity contribution in [3.63, 3.8) is 0 Å². The van der Waals surface area contributed by atoms with Crippen molar-refractivity contribution in [3.8, 4) is 0 Å². The van der Waals surface area contributed by atoms with Crippen LogP contribution in [-0.4, -0.2) is 43.5 Å². The summed E-state index contributed by atoms with van der Waals surface area (Å²) in [4.78, 5) is 16.5. The fraction of sp³-hybridized carbons (Fsp3) is 0.588. The zero-order valence-corrected chi connectivity index (χ0v) is 15.3. The molecule has 132 valence electrons. The fourth-order valence-corrected chi connectivity index (χ4v) is 2.79. The van der Waals surface area contributed by atoms with Gasteiger partial charge in [-0.1, -0.05) is 31.0 Å². The summed E-state index contributed by atoms with van der Waals surface area (Å²) in [6.45, 7) is 4.31. The molecule has 0 unspecified atom stereocenters. The molecule has 4 nitrogen and oxygen atoms in total. The van der Waals surface area contributed by atoms with E-state index >= 15 is 0 Å². The topological polar surface area (TPSA) is 49.6 Å². The zero-order chi connectivity index (χ0) is 14.9. The number of carbonyl (C=O) groups excluding carboxylic acids is 1. The van der Waals surface area contributed by atoms with Gasteiger partial charge in [0.1, 0.15) is 0 Å². The molecule has 0 atom stereocenters. The van der Waals surface area contributed by atoms with Crippen LogP contribution in [0.25, 0.3) is 0 Å². The second-order valence-corrected chi connectivity index (χ2v) is 5.66. The lowest BCUT2D eigenvalue weighted by molar-refractivity contribution is -0.131. The molecule has 1 aromatic rings. The highest BCUT2D eigenvalue weighted by atomic mass is 35.5. The van der Waals surface area contributed by atoms with Crippen LogP contribution in [0.3, 0.4) is 0 Å². The minimum Gasteiger partial charge on any atom is -0.368 e. The van der Waals surface area contributed by atoms with Crippen LogP contribution in [0.4, 0.5) is 5.69 Å². The van der Waals surface area contributed by atoms with E-state index in [0.717, 1.165) is 58.4 Å². The second-order valence-electron chi connectivity index (χ2n) is 5.66. The number of para-hydroxylation sites is 1. The van der Waals surface area contributed by atoms with Crippen LogP contribution in [0.5, 0.6) is 0 Å². The highest BCUT2D eigenvalue weighted by molar-refractivity contribution is 5.85. The summed E-state index contributed by atoms with van der Waals surface area (Å²) in [5.74, 6) is 0.315. The molecule has 2 rings (SSSR count). The molecule has 0 spiro atoms. The number of benzene rings is 1. The molecular formula is C17H29Cl2N3O. The Morgan fingerprint density at radius 2 is 1.52 bits per heavy atom. The van der Waals surface area contributed by atoms with E-state index in [2.05, 4.69) is 29.2 Å². The first-order chi connectivity index (χ1) is 10.3. The molecule has 1 aliphatic heterocycles. The number of unbranched alkanes of at least 4 members (excludes halogenated alkanes) is 3. The third-order valence-corrected chi connectivity index (χ3v) is 4.10. The van der Waals surface area contributed by atoms with Crippen molar-refractivity contribution in [2.45, 2.75) is 32.1 Å². The summed E-state index contributed by atoms with van der Waals surface area (Å²) in [5, 5.41) is 0. The largest absolute Gasteiger partial charge is 0.368 e. The molecule has 1 heterocycles. The molecule has 1 aliphatic rings. The van der Waals surface area contributed by atoms with Gasteiger partial charge >= 0.3 is 0 Å². The van der Waals surface area contributed by atoms with Gasteiger partial charge in [0.05, 0.1) is 0 Å². The highest BCUT2D eigenvalue weighted by Gasteiger charge is 2.20. The maximum atomic E-state index is 12.2. The molecule has 0 aromatic heterocycles. The van der Waals surface area contributed by atoms with Crippen LogP contribution in [-0.2, 0) is 4.79 Å². The Bertz CT molecular complexity index is 423. The number of anilines is 1. The summed E-state index contributed by atoms with van der Waals surface area (Å²) < 4.78 is 0. The molecule has 6 heteroatoms. The van der Waals surface area contributed by atoms with Gasteiger partial charge in [-0.05, 0) is 31.5 Å². The third-order valence-electron chi connectivity index (χ3n) is 4.10. The fourth-order valence-electron chi connectivity index (χ4n) is 2.79. The highest BCUT2D eigenvalue weighted by Crippen LogP contribution is 2.16. The SMILES string of the molecule is Cl.Cl.NCCCCCCC(=O)N1CCN(c2ccccc2)CC1. The summed E-state index contributed by atoms with van der Waals surface area (Å²) in [7, 11) is 0. The lowest BCUT2D eigenvalue weighted by Crippen LogP contribution is -2.48.